The summed E-state index contributed by atoms with van der Waals surface area (Å²) in [6.07, 6.45) is -1.04. The highest BCUT2D eigenvalue weighted by Gasteiger charge is 2.19. The summed E-state index contributed by atoms with van der Waals surface area (Å²) < 4.78 is 33.4. The van der Waals surface area contributed by atoms with Crippen molar-refractivity contribution < 1.29 is 27.8 Å². The summed E-state index contributed by atoms with van der Waals surface area (Å²) in [4.78, 5) is 24.0. The molecule has 8 heteroatoms. The van der Waals surface area contributed by atoms with E-state index in [0.717, 1.165) is 5.56 Å². The molecule has 1 N–H and O–H groups in total. The van der Waals surface area contributed by atoms with Gasteiger partial charge in [-0.25, -0.2) is 4.79 Å². The van der Waals surface area contributed by atoms with Gasteiger partial charge in [0.25, 0.3) is 5.91 Å². The van der Waals surface area contributed by atoms with E-state index in [1.807, 2.05) is 0 Å². The van der Waals surface area contributed by atoms with Gasteiger partial charge in [-0.2, -0.15) is 8.78 Å². The van der Waals surface area contributed by atoms with Crippen molar-refractivity contribution in [3.63, 3.8) is 0 Å². The van der Waals surface area contributed by atoms with Crippen molar-refractivity contribution in [2.75, 3.05) is 0 Å². The first kappa shape index (κ1) is 19.7. The smallest absolute Gasteiger partial charge is 0.387 e. The van der Waals surface area contributed by atoms with Gasteiger partial charge in [-0.05, 0) is 42.8 Å². The Kier molecular flexibility index (Phi) is 6.91. The van der Waals surface area contributed by atoms with E-state index in [2.05, 4.69) is 10.1 Å². The third-order valence-electron chi connectivity index (χ3n) is 3.38. The molecule has 1 amide bonds. The second kappa shape index (κ2) is 9.15. The molecule has 0 saturated carbocycles. The molecule has 5 nitrogen and oxygen atoms in total. The number of amides is 1. The molecule has 0 saturated heterocycles. The quantitative estimate of drug-likeness (QED) is 0.738. The summed E-state index contributed by atoms with van der Waals surface area (Å²) >= 11 is 6.00. The first-order valence-corrected chi connectivity index (χ1v) is 8.01. The maximum Gasteiger partial charge on any atom is 0.387 e. The van der Waals surface area contributed by atoms with E-state index in [1.165, 1.54) is 31.2 Å². The Hall–Kier alpha value is -2.67. The number of benzene rings is 2. The van der Waals surface area contributed by atoms with Gasteiger partial charge in [0, 0.05) is 11.6 Å². The molecule has 0 heterocycles. The molecule has 2 aromatic rings. The van der Waals surface area contributed by atoms with E-state index >= 15 is 0 Å². The predicted molar refractivity (Wildman–Crippen MR) is 91.3 cm³/mol. The molecule has 26 heavy (non-hydrogen) atoms. The fourth-order valence-electron chi connectivity index (χ4n) is 2.02. The van der Waals surface area contributed by atoms with Crippen molar-refractivity contribution in [3.8, 4) is 5.75 Å². The standard InChI is InChI=1S/C18H16ClF2NO4/c1-11(16(23)22-10-13-4-2-3-5-15(13)19)25-17(24)12-6-8-14(9-7-12)26-18(20)21/h2-9,11,18H,10H2,1H3,(H,22,23)/t11-/m1/s1. The molecule has 2 rings (SSSR count). The Morgan fingerprint density at radius 1 is 1.12 bits per heavy atom. The van der Waals surface area contributed by atoms with Crippen LogP contribution in [0.15, 0.2) is 48.5 Å². The molecule has 1 atom stereocenters. The number of rotatable bonds is 7. The minimum Gasteiger partial charge on any atom is -0.449 e. The molecule has 0 aliphatic heterocycles. The number of esters is 1. The molecule has 0 aliphatic carbocycles. The molecule has 0 spiro atoms. The zero-order chi connectivity index (χ0) is 19.1. The fraction of sp³-hybridized carbons (Fsp3) is 0.222. The van der Waals surface area contributed by atoms with Crippen LogP contribution in [0, 0.1) is 0 Å². The number of hydrogen-bond donors (Lipinski definition) is 1. The van der Waals surface area contributed by atoms with E-state index < -0.39 is 24.6 Å². The van der Waals surface area contributed by atoms with E-state index in [4.69, 9.17) is 16.3 Å². The number of carbonyl (C=O) groups is 2. The molecular formula is C18H16ClF2NO4. The van der Waals surface area contributed by atoms with Gasteiger partial charge in [-0.3, -0.25) is 4.79 Å². The van der Waals surface area contributed by atoms with E-state index in [-0.39, 0.29) is 17.9 Å². The number of alkyl halides is 2. The lowest BCUT2D eigenvalue weighted by Crippen LogP contribution is -2.35. The van der Waals surface area contributed by atoms with Crippen LogP contribution < -0.4 is 10.1 Å². The largest absolute Gasteiger partial charge is 0.449 e. The monoisotopic (exact) mass is 383 g/mol. The SMILES string of the molecule is C[C@@H](OC(=O)c1ccc(OC(F)F)cc1)C(=O)NCc1ccccc1Cl. The lowest BCUT2D eigenvalue weighted by molar-refractivity contribution is -0.129. The normalized spacial score (nSPS) is 11.7. The number of hydrogen-bond acceptors (Lipinski definition) is 4. The summed E-state index contributed by atoms with van der Waals surface area (Å²) in [7, 11) is 0. The van der Waals surface area contributed by atoms with Crippen LogP contribution in [0.4, 0.5) is 8.78 Å². The number of carbonyl (C=O) groups excluding carboxylic acids is 2. The van der Waals surface area contributed by atoms with Gasteiger partial charge in [0.05, 0.1) is 5.56 Å². The van der Waals surface area contributed by atoms with Crippen LogP contribution in [0.5, 0.6) is 5.75 Å². The van der Waals surface area contributed by atoms with Crippen LogP contribution >= 0.6 is 11.6 Å². The van der Waals surface area contributed by atoms with Crippen LogP contribution in [0.3, 0.4) is 0 Å². The van der Waals surface area contributed by atoms with Crippen LogP contribution in [0.1, 0.15) is 22.8 Å². The third kappa shape index (κ3) is 5.70. The van der Waals surface area contributed by atoms with Crippen LogP contribution in [-0.2, 0) is 16.1 Å². The first-order valence-electron chi connectivity index (χ1n) is 7.64. The van der Waals surface area contributed by atoms with E-state index in [9.17, 15) is 18.4 Å². The van der Waals surface area contributed by atoms with Gasteiger partial charge in [-0.15, -0.1) is 0 Å². The highest BCUT2D eigenvalue weighted by atomic mass is 35.5. The van der Waals surface area contributed by atoms with Crippen LogP contribution in [-0.4, -0.2) is 24.6 Å². The van der Waals surface area contributed by atoms with Crippen LogP contribution in [0.25, 0.3) is 0 Å². The zero-order valence-corrected chi connectivity index (χ0v) is 14.5. The highest BCUT2D eigenvalue weighted by molar-refractivity contribution is 6.31. The van der Waals surface area contributed by atoms with Gasteiger partial charge < -0.3 is 14.8 Å². The van der Waals surface area contributed by atoms with Crippen molar-refractivity contribution >= 4 is 23.5 Å². The molecular weight excluding hydrogens is 368 g/mol. The average molecular weight is 384 g/mol. The van der Waals surface area contributed by atoms with Gasteiger partial charge in [0.15, 0.2) is 6.10 Å². The Labute approximate surface area is 153 Å². The van der Waals surface area contributed by atoms with Crippen LogP contribution in [0.2, 0.25) is 5.02 Å². The first-order chi connectivity index (χ1) is 12.4. The minimum absolute atomic E-state index is 0.0814. The summed E-state index contributed by atoms with van der Waals surface area (Å²) in [5.74, 6) is -1.33. The Morgan fingerprint density at radius 3 is 2.38 bits per heavy atom. The summed E-state index contributed by atoms with van der Waals surface area (Å²) in [5, 5.41) is 3.14. The molecule has 0 fully saturated rings. The predicted octanol–water partition coefficient (Wildman–Crippen LogP) is 3.80. The molecule has 0 unspecified atom stereocenters. The fourth-order valence-corrected chi connectivity index (χ4v) is 2.22. The number of nitrogens with one attached hydrogen (secondary N) is 1. The van der Waals surface area contributed by atoms with E-state index in [0.29, 0.717) is 5.02 Å². The Bertz CT molecular complexity index is 768. The third-order valence-corrected chi connectivity index (χ3v) is 3.75. The molecule has 2 aromatic carbocycles. The maximum absolute atomic E-state index is 12.1. The molecule has 0 aromatic heterocycles. The number of halogens is 3. The lowest BCUT2D eigenvalue weighted by atomic mass is 10.2. The Morgan fingerprint density at radius 2 is 1.77 bits per heavy atom. The van der Waals surface area contributed by atoms with Crippen molar-refractivity contribution in [1.82, 2.24) is 5.32 Å². The molecule has 0 radical (unpaired) electrons. The van der Waals surface area contributed by atoms with E-state index in [1.54, 1.807) is 24.3 Å². The second-order valence-corrected chi connectivity index (χ2v) is 5.67. The van der Waals surface area contributed by atoms with Crippen molar-refractivity contribution in [2.24, 2.45) is 0 Å². The van der Waals surface area contributed by atoms with Gasteiger partial charge in [-0.1, -0.05) is 29.8 Å². The zero-order valence-electron chi connectivity index (χ0n) is 13.7. The average Bonchev–Trinajstić information content (AvgIpc) is 2.60. The van der Waals surface area contributed by atoms with Crippen molar-refractivity contribution in [3.05, 3.63) is 64.7 Å². The number of ether oxygens (including phenoxy) is 2. The van der Waals surface area contributed by atoms with Crippen molar-refractivity contribution in [1.29, 1.82) is 0 Å². The van der Waals surface area contributed by atoms with Gasteiger partial charge in [0.2, 0.25) is 0 Å². The summed E-state index contributed by atoms with van der Waals surface area (Å²) in [6, 6.07) is 12.0. The topological polar surface area (TPSA) is 64.6 Å². The van der Waals surface area contributed by atoms with Gasteiger partial charge >= 0.3 is 12.6 Å². The molecule has 138 valence electrons. The molecule has 0 aliphatic rings. The minimum atomic E-state index is -2.95. The maximum atomic E-state index is 12.1. The summed E-state index contributed by atoms with van der Waals surface area (Å²) in [6.45, 7) is -1.33. The Balaban J connectivity index is 1.87. The van der Waals surface area contributed by atoms with Gasteiger partial charge in [0.1, 0.15) is 5.75 Å². The summed E-state index contributed by atoms with van der Waals surface area (Å²) in [5.41, 5.74) is 0.841. The second-order valence-electron chi connectivity index (χ2n) is 5.26. The molecule has 0 bridgehead atoms. The highest BCUT2D eigenvalue weighted by Crippen LogP contribution is 2.16. The van der Waals surface area contributed by atoms with Crippen molar-refractivity contribution in [2.45, 2.75) is 26.2 Å². The lowest BCUT2D eigenvalue weighted by Gasteiger charge is -2.14.